The van der Waals surface area contributed by atoms with Crippen LogP contribution in [0.5, 0.6) is 0 Å². The molecule has 6 heteroatoms. The van der Waals surface area contributed by atoms with E-state index in [1.54, 1.807) is 25.5 Å². The molecule has 5 nitrogen and oxygen atoms in total. The number of nitrogens with one attached hydrogen (secondary N) is 3. The number of carbonyl (C=O) groups excluding carboxylic acids is 1. The van der Waals surface area contributed by atoms with Gasteiger partial charge in [-0.25, -0.2) is 4.98 Å². The molecule has 0 bridgehead atoms. The minimum Gasteiger partial charge on any atom is -0.359 e. The quantitative estimate of drug-likeness (QED) is 0.685. The van der Waals surface area contributed by atoms with E-state index in [0.717, 1.165) is 21.0 Å². The van der Waals surface area contributed by atoms with Crippen molar-refractivity contribution in [3.8, 4) is 0 Å². The molecule has 0 aliphatic carbocycles. The Kier molecular flexibility index (Phi) is 3.00. The largest absolute Gasteiger partial charge is 0.359 e. The molecule has 0 saturated heterocycles. The number of para-hydroxylation sites is 1. The molecule has 96 valence electrons. The summed E-state index contributed by atoms with van der Waals surface area (Å²) < 4.78 is 0. The van der Waals surface area contributed by atoms with Gasteiger partial charge in [0.15, 0.2) is 5.16 Å². The molecule has 3 rings (SSSR count). The zero-order chi connectivity index (χ0) is 13.2. The molecule has 0 aliphatic heterocycles. The van der Waals surface area contributed by atoms with E-state index in [9.17, 15) is 4.79 Å². The average Bonchev–Trinajstić information content (AvgIpc) is 3.08. The number of rotatable bonds is 3. The number of fused-ring (bicyclic) bond motifs is 1. The number of nitrogens with zero attached hydrogens (tertiary/aromatic N) is 1. The van der Waals surface area contributed by atoms with Crippen molar-refractivity contribution >= 4 is 28.6 Å². The Balaban J connectivity index is 2.06. The summed E-state index contributed by atoms with van der Waals surface area (Å²) in [5, 5.41) is 4.49. The van der Waals surface area contributed by atoms with Gasteiger partial charge in [0.1, 0.15) is 0 Å². The van der Waals surface area contributed by atoms with Crippen molar-refractivity contribution in [2.75, 3.05) is 7.05 Å². The highest BCUT2D eigenvalue weighted by molar-refractivity contribution is 7.99. The van der Waals surface area contributed by atoms with E-state index in [2.05, 4.69) is 20.3 Å². The zero-order valence-corrected chi connectivity index (χ0v) is 11.0. The minimum absolute atomic E-state index is 0.0954. The molecular formula is C13H12N4OS. The summed E-state index contributed by atoms with van der Waals surface area (Å²) >= 11 is 1.53. The first kappa shape index (κ1) is 11.9. The van der Waals surface area contributed by atoms with Crippen LogP contribution in [0.25, 0.3) is 10.9 Å². The lowest BCUT2D eigenvalue weighted by atomic mass is 10.1. The first-order chi connectivity index (χ1) is 9.29. The number of amides is 1. The second kappa shape index (κ2) is 4.81. The fourth-order valence-corrected chi connectivity index (χ4v) is 2.79. The van der Waals surface area contributed by atoms with E-state index in [0.29, 0.717) is 5.56 Å². The van der Waals surface area contributed by atoms with Crippen LogP contribution in [0.2, 0.25) is 0 Å². The molecule has 3 N–H and O–H groups in total. The van der Waals surface area contributed by atoms with Gasteiger partial charge in [0.05, 0.1) is 11.1 Å². The van der Waals surface area contributed by atoms with Crippen LogP contribution >= 0.6 is 11.8 Å². The van der Waals surface area contributed by atoms with Gasteiger partial charge in [0, 0.05) is 35.9 Å². The van der Waals surface area contributed by atoms with Gasteiger partial charge in [-0.05, 0) is 17.8 Å². The third-order valence-corrected chi connectivity index (χ3v) is 3.80. The number of H-pyrrole nitrogens is 2. The van der Waals surface area contributed by atoms with Gasteiger partial charge >= 0.3 is 0 Å². The number of imidazole rings is 1. The second-order valence-corrected chi connectivity index (χ2v) is 4.99. The Hall–Kier alpha value is -2.21. The van der Waals surface area contributed by atoms with E-state index < -0.39 is 0 Å². The van der Waals surface area contributed by atoms with Gasteiger partial charge in [-0.1, -0.05) is 12.1 Å². The Morgan fingerprint density at radius 2 is 2.26 bits per heavy atom. The van der Waals surface area contributed by atoms with Gasteiger partial charge in [-0.15, -0.1) is 0 Å². The maximum atomic E-state index is 11.8. The molecule has 0 radical (unpaired) electrons. The highest BCUT2D eigenvalue weighted by Crippen LogP contribution is 2.32. The summed E-state index contributed by atoms with van der Waals surface area (Å²) in [4.78, 5) is 23.2. The third kappa shape index (κ3) is 2.10. The van der Waals surface area contributed by atoms with Gasteiger partial charge in [-0.3, -0.25) is 4.79 Å². The Morgan fingerprint density at radius 3 is 3.00 bits per heavy atom. The van der Waals surface area contributed by atoms with Gasteiger partial charge in [0.25, 0.3) is 5.91 Å². The fourth-order valence-electron chi connectivity index (χ4n) is 1.95. The van der Waals surface area contributed by atoms with E-state index in [-0.39, 0.29) is 5.91 Å². The SMILES string of the molecule is CNC(=O)c1cccc2c(Sc3ncc[nH]3)c[nH]c12. The summed E-state index contributed by atoms with van der Waals surface area (Å²) in [6.07, 6.45) is 5.39. The topological polar surface area (TPSA) is 73.6 Å². The van der Waals surface area contributed by atoms with Crippen molar-refractivity contribution < 1.29 is 4.79 Å². The van der Waals surface area contributed by atoms with E-state index in [1.807, 2.05) is 18.3 Å². The molecule has 1 aromatic carbocycles. The fraction of sp³-hybridized carbons (Fsp3) is 0.0769. The summed E-state index contributed by atoms with van der Waals surface area (Å²) in [5.74, 6) is -0.0954. The van der Waals surface area contributed by atoms with E-state index >= 15 is 0 Å². The van der Waals surface area contributed by atoms with Crippen molar-refractivity contribution in [3.05, 3.63) is 42.4 Å². The molecule has 0 spiro atoms. The van der Waals surface area contributed by atoms with Crippen LogP contribution in [-0.2, 0) is 0 Å². The molecular weight excluding hydrogens is 260 g/mol. The predicted octanol–water partition coefficient (Wildman–Crippen LogP) is 2.40. The Bertz CT molecular complexity index is 717. The van der Waals surface area contributed by atoms with Crippen LogP contribution in [0.15, 0.2) is 46.8 Å². The Labute approximate surface area is 113 Å². The third-order valence-electron chi connectivity index (χ3n) is 2.83. The highest BCUT2D eigenvalue weighted by Gasteiger charge is 2.13. The number of aromatic amines is 2. The number of benzene rings is 1. The normalized spacial score (nSPS) is 10.8. The highest BCUT2D eigenvalue weighted by atomic mass is 32.2. The summed E-state index contributed by atoms with van der Waals surface area (Å²) in [6.45, 7) is 0. The second-order valence-electron chi connectivity index (χ2n) is 3.96. The molecule has 0 fully saturated rings. The molecule has 3 aromatic rings. The number of hydrogen-bond donors (Lipinski definition) is 3. The lowest BCUT2D eigenvalue weighted by Crippen LogP contribution is -2.17. The van der Waals surface area contributed by atoms with E-state index in [1.165, 1.54) is 11.8 Å². The summed E-state index contributed by atoms with van der Waals surface area (Å²) in [7, 11) is 1.63. The van der Waals surface area contributed by atoms with Crippen molar-refractivity contribution in [1.29, 1.82) is 0 Å². The smallest absolute Gasteiger partial charge is 0.253 e. The molecule has 0 unspecified atom stereocenters. The number of carbonyl (C=O) groups is 1. The monoisotopic (exact) mass is 272 g/mol. The van der Waals surface area contributed by atoms with E-state index in [4.69, 9.17) is 0 Å². The van der Waals surface area contributed by atoms with Crippen LogP contribution < -0.4 is 5.32 Å². The van der Waals surface area contributed by atoms with Crippen LogP contribution in [0.4, 0.5) is 0 Å². The van der Waals surface area contributed by atoms with Gasteiger partial charge < -0.3 is 15.3 Å². The maximum Gasteiger partial charge on any atom is 0.253 e. The Morgan fingerprint density at radius 1 is 1.37 bits per heavy atom. The minimum atomic E-state index is -0.0954. The van der Waals surface area contributed by atoms with Gasteiger partial charge in [-0.2, -0.15) is 0 Å². The summed E-state index contributed by atoms with van der Waals surface area (Å²) in [6, 6.07) is 5.68. The average molecular weight is 272 g/mol. The summed E-state index contributed by atoms with van der Waals surface area (Å²) in [5.41, 5.74) is 1.49. The molecule has 19 heavy (non-hydrogen) atoms. The molecule has 2 heterocycles. The van der Waals surface area contributed by atoms with Crippen LogP contribution in [0.3, 0.4) is 0 Å². The predicted molar refractivity (Wildman–Crippen MR) is 74.4 cm³/mol. The lowest BCUT2D eigenvalue weighted by Gasteiger charge is -2.02. The van der Waals surface area contributed by atoms with Crippen molar-refractivity contribution in [3.63, 3.8) is 0 Å². The number of hydrogen-bond acceptors (Lipinski definition) is 3. The molecule has 1 amide bonds. The lowest BCUT2D eigenvalue weighted by molar-refractivity contribution is 0.0964. The standard InChI is InChI=1S/C13H12N4OS/c1-14-12(18)9-4-2-3-8-10(7-17-11(8)9)19-13-15-5-6-16-13/h2-7,17H,1H3,(H,14,18)(H,15,16). The first-order valence-corrected chi connectivity index (χ1v) is 6.60. The molecule has 0 saturated carbocycles. The van der Waals surface area contributed by atoms with Crippen LogP contribution in [-0.4, -0.2) is 27.9 Å². The first-order valence-electron chi connectivity index (χ1n) is 5.79. The van der Waals surface area contributed by atoms with Crippen LogP contribution in [0, 0.1) is 0 Å². The van der Waals surface area contributed by atoms with Gasteiger partial charge in [0.2, 0.25) is 0 Å². The van der Waals surface area contributed by atoms with Crippen LogP contribution in [0.1, 0.15) is 10.4 Å². The molecule has 2 aromatic heterocycles. The maximum absolute atomic E-state index is 11.8. The zero-order valence-electron chi connectivity index (χ0n) is 10.2. The van der Waals surface area contributed by atoms with Crippen molar-refractivity contribution in [2.24, 2.45) is 0 Å². The molecule has 0 aliphatic rings. The molecule has 0 atom stereocenters. The number of aromatic nitrogens is 3. The van der Waals surface area contributed by atoms with Crippen molar-refractivity contribution in [1.82, 2.24) is 20.3 Å². The van der Waals surface area contributed by atoms with Crippen molar-refractivity contribution in [2.45, 2.75) is 10.1 Å².